The fourth-order valence-electron chi connectivity index (χ4n) is 1.51. The van der Waals surface area contributed by atoms with E-state index in [0.717, 1.165) is 30.8 Å². The van der Waals surface area contributed by atoms with E-state index in [9.17, 15) is 0 Å². The number of aryl methyl sites for hydroxylation is 1. The Morgan fingerprint density at radius 1 is 1.50 bits per heavy atom. The van der Waals surface area contributed by atoms with Crippen LogP contribution >= 0.6 is 12.4 Å². The topological polar surface area (TPSA) is 34.1 Å². The molecular weight excluding hydrogens is 200 g/mol. The predicted molar refractivity (Wildman–Crippen MR) is 58.1 cm³/mol. The van der Waals surface area contributed by atoms with Crippen molar-refractivity contribution in [2.45, 2.75) is 19.4 Å². The van der Waals surface area contributed by atoms with Gasteiger partial charge in [0.05, 0.1) is 6.20 Å². The maximum atomic E-state index is 5.73. The Morgan fingerprint density at radius 3 is 3.00 bits per heavy atom. The highest BCUT2D eigenvalue weighted by atomic mass is 35.5. The monoisotopic (exact) mass is 214 g/mol. The summed E-state index contributed by atoms with van der Waals surface area (Å²) >= 11 is 0. The maximum absolute atomic E-state index is 5.73. The van der Waals surface area contributed by atoms with Crippen LogP contribution in [-0.4, -0.2) is 24.2 Å². The number of hydrogen-bond donors (Lipinski definition) is 1. The molecule has 0 aromatic carbocycles. The SMILES string of the molecule is Cc1cncc(O[C@H]2CCNC2)c1.Cl. The highest BCUT2D eigenvalue weighted by molar-refractivity contribution is 5.85. The van der Waals surface area contributed by atoms with Crippen LogP contribution in [0, 0.1) is 6.92 Å². The van der Waals surface area contributed by atoms with E-state index in [2.05, 4.69) is 10.3 Å². The molecule has 2 heterocycles. The number of nitrogens with one attached hydrogen (secondary N) is 1. The van der Waals surface area contributed by atoms with Gasteiger partial charge in [-0.15, -0.1) is 12.4 Å². The molecule has 1 aliphatic heterocycles. The lowest BCUT2D eigenvalue weighted by Crippen LogP contribution is -2.19. The molecule has 0 amide bonds. The van der Waals surface area contributed by atoms with Gasteiger partial charge < -0.3 is 10.1 Å². The van der Waals surface area contributed by atoms with Gasteiger partial charge in [-0.1, -0.05) is 0 Å². The second kappa shape index (κ2) is 5.17. The molecule has 1 saturated heterocycles. The molecule has 0 bridgehead atoms. The molecule has 3 nitrogen and oxygen atoms in total. The lowest BCUT2D eigenvalue weighted by Gasteiger charge is -2.11. The van der Waals surface area contributed by atoms with Crippen molar-refractivity contribution in [1.29, 1.82) is 0 Å². The van der Waals surface area contributed by atoms with Crippen LogP contribution in [-0.2, 0) is 0 Å². The van der Waals surface area contributed by atoms with Gasteiger partial charge in [-0.25, -0.2) is 0 Å². The van der Waals surface area contributed by atoms with Crippen LogP contribution < -0.4 is 10.1 Å². The average Bonchev–Trinajstić information content (AvgIpc) is 2.57. The second-order valence-electron chi connectivity index (χ2n) is 3.43. The Bertz CT molecular complexity index is 287. The van der Waals surface area contributed by atoms with Gasteiger partial charge in [0.1, 0.15) is 11.9 Å². The molecule has 0 saturated carbocycles. The minimum absolute atomic E-state index is 0. The molecule has 1 N–H and O–H groups in total. The largest absolute Gasteiger partial charge is 0.487 e. The summed E-state index contributed by atoms with van der Waals surface area (Å²) in [7, 11) is 0. The average molecular weight is 215 g/mol. The summed E-state index contributed by atoms with van der Waals surface area (Å²) in [4.78, 5) is 4.08. The number of hydrogen-bond acceptors (Lipinski definition) is 3. The zero-order chi connectivity index (χ0) is 9.10. The van der Waals surface area contributed by atoms with Gasteiger partial charge in [-0.05, 0) is 31.5 Å². The standard InChI is InChI=1S/C10H14N2O.ClH/c1-8-4-10(7-12-5-8)13-9-2-3-11-6-9;/h4-5,7,9,11H,2-3,6H2,1H3;1H/t9-;/m0./s1. The van der Waals surface area contributed by atoms with Gasteiger partial charge in [0, 0.05) is 12.7 Å². The molecule has 1 aromatic heterocycles. The highest BCUT2D eigenvalue weighted by Crippen LogP contribution is 2.14. The van der Waals surface area contributed by atoms with Crippen LogP contribution in [0.4, 0.5) is 0 Å². The molecule has 0 aliphatic carbocycles. The number of halogens is 1. The van der Waals surface area contributed by atoms with E-state index in [1.54, 1.807) is 6.20 Å². The van der Waals surface area contributed by atoms with Gasteiger partial charge in [0.15, 0.2) is 0 Å². The first-order valence-corrected chi connectivity index (χ1v) is 4.63. The normalized spacial score (nSPS) is 20.2. The Balaban J connectivity index is 0.000000980. The number of aromatic nitrogens is 1. The van der Waals surface area contributed by atoms with Crippen molar-refractivity contribution in [2.24, 2.45) is 0 Å². The summed E-state index contributed by atoms with van der Waals surface area (Å²) in [5.74, 6) is 0.883. The predicted octanol–water partition coefficient (Wildman–Crippen LogP) is 1.55. The van der Waals surface area contributed by atoms with E-state index in [1.807, 2.05) is 19.2 Å². The van der Waals surface area contributed by atoms with E-state index < -0.39 is 0 Å². The quantitative estimate of drug-likeness (QED) is 0.811. The highest BCUT2D eigenvalue weighted by Gasteiger charge is 2.15. The lowest BCUT2D eigenvalue weighted by atomic mass is 10.3. The fraction of sp³-hybridized carbons (Fsp3) is 0.500. The summed E-state index contributed by atoms with van der Waals surface area (Å²) in [6, 6.07) is 2.02. The molecule has 78 valence electrons. The second-order valence-corrected chi connectivity index (χ2v) is 3.43. The molecule has 0 spiro atoms. The van der Waals surface area contributed by atoms with Crippen LogP contribution in [0.25, 0.3) is 0 Å². The van der Waals surface area contributed by atoms with E-state index in [-0.39, 0.29) is 12.4 Å². The van der Waals surface area contributed by atoms with E-state index >= 15 is 0 Å². The molecule has 1 fully saturated rings. The van der Waals surface area contributed by atoms with E-state index in [1.165, 1.54) is 0 Å². The molecule has 1 aliphatic rings. The number of nitrogens with zero attached hydrogens (tertiary/aromatic N) is 1. The third-order valence-corrected chi connectivity index (χ3v) is 2.17. The summed E-state index contributed by atoms with van der Waals surface area (Å²) in [5.41, 5.74) is 1.14. The third kappa shape index (κ3) is 2.86. The molecule has 0 radical (unpaired) electrons. The molecular formula is C10H15ClN2O. The first kappa shape index (κ1) is 11.3. The smallest absolute Gasteiger partial charge is 0.138 e. The van der Waals surface area contributed by atoms with Gasteiger partial charge >= 0.3 is 0 Å². The molecule has 2 rings (SSSR count). The Labute approximate surface area is 90.3 Å². The summed E-state index contributed by atoms with van der Waals surface area (Å²) in [6.07, 6.45) is 5.02. The van der Waals surface area contributed by atoms with Crippen molar-refractivity contribution >= 4 is 12.4 Å². The van der Waals surface area contributed by atoms with E-state index in [0.29, 0.717) is 6.10 Å². The van der Waals surface area contributed by atoms with Gasteiger partial charge in [-0.3, -0.25) is 4.98 Å². The van der Waals surface area contributed by atoms with Crippen molar-refractivity contribution in [1.82, 2.24) is 10.3 Å². The number of ether oxygens (including phenoxy) is 1. The number of rotatable bonds is 2. The fourth-order valence-corrected chi connectivity index (χ4v) is 1.51. The Hall–Kier alpha value is -0.800. The zero-order valence-electron chi connectivity index (χ0n) is 8.19. The maximum Gasteiger partial charge on any atom is 0.138 e. The lowest BCUT2D eigenvalue weighted by molar-refractivity contribution is 0.222. The zero-order valence-corrected chi connectivity index (χ0v) is 9.01. The molecule has 4 heteroatoms. The minimum Gasteiger partial charge on any atom is -0.487 e. The van der Waals surface area contributed by atoms with Crippen molar-refractivity contribution in [3.05, 3.63) is 24.0 Å². The Morgan fingerprint density at radius 2 is 2.36 bits per heavy atom. The van der Waals surface area contributed by atoms with Crippen molar-refractivity contribution in [3.63, 3.8) is 0 Å². The summed E-state index contributed by atoms with van der Waals surface area (Å²) < 4.78 is 5.73. The molecule has 1 atom stereocenters. The van der Waals surface area contributed by atoms with E-state index in [4.69, 9.17) is 4.74 Å². The molecule has 14 heavy (non-hydrogen) atoms. The van der Waals surface area contributed by atoms with Crippen LogP contribution in [0.5, 0.6) is 5.75 Å². The van der Waals surface area contributed by atoms with Crippen LogP contribution in [0.1, 0.15) is 12.0 Å². The van der Waals surface area contributed by atoms with Gasteiger partial charge in [0.25, 0.3) is 0 Å². The summed E-state index contributed by atoms with van der Waals surface area (Å²) in [5, 5.41) is 3.26. The third-order valence-electron chi connectivity index (χ3n) is 2.17. The van der Waals surface area contributed by atoms with Crippen molar-refractivity contribution in [3.8, 4) is 5.75 Å². The number of pyridine rings is 1. The van der Waals surface area contributed by atoms with Crippen LogP contribution in [0.3, 0.4) is 0 Å². The first-order chi connectivity index (χ1) is 6.34. The summed E-state index contributed by atoms with van der Waals surface area (Å²) in [6.45, 7) is 4.03. The molecule has 1 aromatic rings. The minimum atomic E-state index is 0. The van der Waals surface area contributed by atoms with Gasteiger partial charge in [0.2, 0.25) is 0 Å². The van der Waals surface area contributed by atoms with Gasteiger partial charge in [-0.2, -0.15) is 0 Å². The first-order valence-electron chi connectivity index (χ1n) is 4.63. The van der Waals surface area contributed by atoms with Crippen LogP contribution in [0.2, 0.25) is 0 Å². The van der Waals surface area contributed by atoms with Crippen LogP contribution in [0.15, 0.2) is 18.5 Å². The Kier molecular flexibility index (Phi) is 4.17. The van der Waals surface area contributed by atoms with Crippen molar-refractivity contribution in [2.75, 3.05) is 13.1 Å². The van der Waals surface area contributed by atoms with Crippen molar-refractivity contribution < 1.29 is 4.74 Å². The molecule has 0 unspecified atom stereocenters.